The molecule has 150 valence electrons. The van der Waals surface area contributed by atoms with E-state index in [1.165, 1.54) is 11.8 Å². The molecule has 1 atom stereocenters. The Labute approximate surface area is 181 Å². The van der Waals surface area contributed by atoms with Gasteiger partial charge in [0.15, 0.2) is 10.9 Å². The molecule has 0 unspecified atom stereocenters. The molecule has 5 rings (SSSR count). The minimum Gasteiger partial charge on any atom is -0.457 e. The normalized spacial score (nSPS) is 17.6. The van der Waals surface area contributed by atoms with Crippen LogP contribution >= 0.6 is 23.4 Å². The van der Waals surface area contributed by atoms with E-state index in [0.29, 0.717) is 27.4 Å². The van der Waals surface area contributed by atoms with Crippen molar-refractivity contribution in [1.82, 2.24) is 10.3 Å². The molecule has 1 aromatic heterocycles. The third-order valence-electron chi connectivity index (χ3n) is 4.79. The number of nitrogens with one attached hydrogen (secondary N) is 1. The summed E-state index contributed by atoms with van der Waals surface area (Å²) in [6.07, 6.45) is -0.582. The summed E-state index contributed by atoms with van der Waals surface area (Å²) in [6.45, 7) is 2.01. The third-order valence-corrected chi connectivity index (χ3v) is 5.77. The lowest BCUT2D eigenvalue weighted by atomic mass is 10.1. The van der Waals surface area contributed by atoms with Gasteiger partial charge in [0.25, 0.3) is 5.91 Å². The van der Waals surface area contributed by atoms with E-state index in [2.05, 4.69) is 10.4 Å². The summed E-state index contributed by atoms with van der Waals surface area (Å²) in [5, 5.41) is 11.9. The Kier molecular flexibility index (Phi) is 4.84. The largest absolute Gasteiger partial charge is 0.457 e. The van der Waals surface area contributed by atoms with Gasteiger partial charge in [-0.15, -0.1) is 5.10 Å². The van der Waals surface area contributed by atoms with E-state index in [1.54, 1.807) is 5.01 Å². The number of rotatable bonds is 3. The predicted octanol–water partition coefficient (Wildman–Crippen LogP) is 3.50. The van der Waals surface area contributed by atoms with Gasteiger partial charge in [-0.2, -0.15) is 0 Å². The molecule has 0 bridgehead atoms. The lowest BCUT2D eigenvalue weighted by Gasteiger charge is -2.32. The standard InChI is InChI=1S/C22H17ClN4O2S/c1-2-30-22-25-21(28)19-15-8-3-4-9-16(15)24-20(27(19)26-22)18-11-10-17(29-18)13-6-5-7-14(23)12-13/h3-12,20H,2H2,1H3,(H,25,26,28)/t20-/m0/s1. The second-order valence-electron chi connectivity index (χ2n) is 6.72. The van der Waals surface area contributed by atoms with Crippen molar-refractivity contribution in [2.24, 2.45) is 10.1 Å². The average molecular weight is 437 g/mol. The van der Waals surface area contributed by atoms with E-state index in [9.17, 15) is 4.79 Å². The monoisotopic (exact) mass is 436 g/mol. The highest BCUT2D eigenvalue weighted by Crippen LogP contribution is 2.34. The van der Waals surface area contributed by atoms with Gasteiger partial charge in [-0.1, -0.05) is 60.6 Å². The lowest BCUT2D eigenvalue weighted by molar-refractivity contribution is -0.116. The molecule has 0 spiro atoms. The number of para-hydroxylation sites is 1. The Hall–Kier alpha value is -3.03. The van der Waals surface area contributed by atoms with Gasteiger partial charge in [-0.3, -0.25) is 10.1 Å². The molecule has 1 N–H and O–H groups in total. The molecule has 0 aliphatic carbocycles. The number of thioether (sulfide) groups is 1. The molecule has 3 heterocycles. The number of carbonyl (C=O) groups is 1. The van der Waals surface area contributed by atoms with Crippen molar-refractivity contribution < 1.29 is 9.21 Å². The van der Waals surface area contributed by atoms with Gasteiger partial charge in [-0.25, -0.2) is 10.0 Å². The number of hydrogen-bond donors (Lipinski definition) is 1. The van der Waals surface area contributed by atoms with Crippen LogP contribution in [0.2, 0.25) is 5.02 Å². The Morgan fingerprint density at radius 2 is 2.03 bits per heavy atom. The molecular weight excluding hydrogens is 420 g/mol. The number of furan rings is 1. The van der Waals surface area contributed by atoms with Crippen molar-refractivity contribution in [1.29, 1.82) is 0 Å². The first kappa shape index (κ1) is 19.0. The number of hydrazone groups is 1. The van der Waals surface area contributed by atoms with Crippen LogP contribution in [-0.2, 0) is 4.79 Å². The van der Waals surface area contributed by atoms with E-state index >= 15 is 0 Å². The van der Waals surface area contributed by atoms with Gasteiger partial charge in [0.2, 0.25) is 6.17 Å². The van der Waals surface area contributed by atoms with E-state index in [0.717, 1.165) is 21.9 Å². The number of fused-ring (bicyclic) bond motifs is 2. The SMILES string of the molecule is CCSC1=NN2C(=c3ccccc3=N[C@@H]2c2ccc(-c3cccc(Cl)c3)o2)C(=O)N1. The number of amides is 1. The summed E-state index contributed by atoms with van der Waals surface area (Å²) < 4.78 is 6.14. The number of carbonyl (C=O) groups excluding carboxylic acids is 1. The van der Waals surface area contributed by atoms with E-state index in [-0.39, 0.29) is 5.91 Å². The maximum absolute atomic E-state index is 12.9. The molecule has 3 aromatic rings. The second kappa shape index (κ2) is 7.66. The number of amidine groups is 1. The van der Waals surface area contributed by atoms with Crippen LogP contribution in [0.5, 0.6) is 0 Å². The highest BCUT2D eigenvalue weighted by Gasteiger charge is 2.35. The Bertz CT molecular complexity index is 1300. The molecule has 2 aromatic carbocycles. The molecule has 0 radical (unpaired) electrons. The Morgan fingerprint density at radius 1 is 1.17 bits per heavy atom. The van der Waals surface area contributed by atoms with Crippen LogP contribution in [0.4, 0.5) is 0 Å². The van der Waals surface area contributed by atoms with Gasteiger partial charge in [0.1, 0.15) is 11.5 Å². The van der Waals surface area contributed by atoms with Gasteiger partial charge < -0.3 is 4.42 Å². The average Bonchev–Trinajstić information content (AvgIpc) is 3.23. The van der Waals surface area contributed by atoms with Gasteiger partial charge >= 0.3 is 0 Å². The Balaban J connectivity index is 1.64. The van der Waals surface area contributed by atoms with Gasteiger partial charge in [-0.05, 0) is 36.1 Å². The van der Waals surface area contributed by atoms with Crippen LogP contribution in [-0.4, -0.2) is 21.8 Å². The highest BCUT2D eigenvalue weighted by atomic mass is 35.5. The van der Waals surface area contributed by atoms with E-state index in [4.69, 9.17) is 21.0 Å². The fourth-order valence-electron chi connectivity index (χ4n) is 3.50. The van der Waals surface area contributed by atoms with Crippen molar-refractivity contribution in [3.8, 4) is 11.3 Å². The van der Waals surface area contributed by atoms with Crippen LogP contribution in [0, 0.1) is 0 Å². The van der Waals surface area contributed by atoms with E-state index < -0.39 is 6.17 Å². The number of hydrogen-bond acceptors (Lipinski definition) is 6. The number of halogens is 1. The fourth-order valence-corrected chi connectivity index (χ4v) is 4.28. The summed E-state index contributed by atoms with van der Waals surface area (Å²) in [5.41, 5.74) is 1.34. The number of nitrogens with zero attached hydrogens (tertiary/aromatic N) is 3. The molecule has 30 heavy (non-hydrogen) atoms. The quantitative estimate of drug-likeness (QED) is 0.682. The minimum absolute atomic E-state index is 0.199. The molecule has 1 amide bonds. The molecule has 2 aliphatic heterocycles. The second-order valence-corrected chi connectivity index (χ2v) is 8.41. The highest BCUT2D eigenvalue weighted by molar-refractivity contribution is 8.13. The first-order valence-corrected chi connectivity index (χ1v) is 10.9. The summed E-state index contributed by atoms with van der Waals surface area (Å²) in [5.74, 6) is 1.86. The molecular formula is C22H17ClN4O2S. The van der Waals surface area contributed by atoms with Crippen molar-refractivity contribution in [3.05, 3.63) is 82.0 Å². The van der Waals surface area contributed by atoms with Crippen molar-refractivity contribution in [2.75, 3.05) is 5.75 Å². The van der Waals surface area contributed by atoms with Gasteiger partial charge in [0, 0.05) is 15.8 Å². The summed E-state index contributed by atoms with van der Waals surface area (Å²) in [4.78, 5) is 17.8. The van der Waals surface area contributed by atoms with Crippen LogP contribution < -0.4 is 15.9 Å². The van der Waals surface area contributed by atoms with Crippen molar-refractivity contribution in [3.63, 3.8) is 0 Å². The smallest absolute Gasteiger partial charge is 0.276 e. The Morgan fingerprint density at radius 3 is 2.87 bits per heavy atom. The lowest BCUT2D eigenvalue weighted by Crippen LogP contribution is -2.50. The molecule has 0 fully saturated rings. The third kappa shape index (κ3) is 3.30. The van der Waals surface area contributed by atoms with Crippen LogP contribution in [0.1, 0.15) is 18.8 Å². The molecule has 6 nitrogen and oxygen atoms in total. The molecule has 0 saturated carbocycles. The first-order chi connectivity index (χ1) is 14.6. The summed E-state index contributed by atoms with van der Waals surface area (Å²) in [6, 6.07) is 18.8. The first-order valence-electron chi connectivity index (χ1n) is 9.49. The zero-order valence-corrected chi connectivity index (χ0v) is 17.6. The van der Waals surface area contributed by atoms with Crippen LogP contribution in [0.25, 0.3) is 17.0 Å². The predicted molar refractivity (Wildman–Crippen MR) is 118 cm³/mol. The molecule has 2 aliphatic rings. The zero-order chi connectivity index (χ0) is 20.7. The van der Waals surface area contributed by atoms with Crippen LogP contribution in [0.15, 0.2) is 75.2 Å². The van der Waals surface area contributed by atoms with Gasteiger partial charge in [0.05, 0.1) is 5.36 Å². The van der Waals surface area contributed by atoms with E-state index in [1.807, 2.05) is 67.6 Å². The molecule has 8 heteroatoms. The number of benzene rings is 2. The van der Waals surface area contributed by atoms with Crippen molar-refractivity contribution in [2.45, 2.75) is 13.1 Å². The van der Waals surface area contributed by atoms with Crippen molar-refractivity contribution >= 4 is 40.1 Å². The summed E-state index contributed by atoms with van der Waals surface area (Å²) >= 11 is 7.59. The summed E-state index contributed by atoms with van der Waals surface area (Å²) in [7, 11) is 0. The molecule has 0 saturated heterocycles. The maximum Gasteiger partial charge on any atom is 0.276 e. The van der Waals surface area contributed by atoms with Crippen LogP contribution in [0.3, 0.4) is 0 Å². The zero-order valence-electron chi connectivity index (χ0n) is 16.0. The fraction of sp³-hybridized carbons (Fsp3) is 0.136. The minimum atomic E-state index is -0.582. The maximum atomic E-state index is 12.9. The topological polar surface area (TPSA) is 70.2 Å².